The maximum atomic E-state index is 11.6. The van der Waals surface area contributed by atoms with E-state index in [0.29, 0.717) is 0 Å². The van der Waals surface area contributed by atoms with E-state index in [1.54, 1.807) is 6.92 Å². The molecular formula is C19H26N2O. The number of unbranched alkanes of at least 4 members (excludes halogenated alkanes) is 3. The largest absolute Gasteiger partial charge is 0.348 e. The van der Waals surface area contributed by atoms with Gasteiger partial charge in [-0.3, -0.25) is 4.79 Å². The highest BCUT2D eigenvalue weighted by Crippen LogP contribution is 2.24. The molecule has 1 aromatic carbocycles. The number of rotatable bonds is 8. The number of para-hydroxylation sites is 1. The average Bonchev–Trinajstić information content (AvgIpc) is 3.00. The minimum atomic E-state index is 0.0290. The predicted molar refractivity (Wildman–Crippen MR) is 91.1 cm³/mol. The maximum Gasteiger partial charge on any atom is 0.217 e. The molecule has 0 saturated heterocycles. The minimum Gasteiger partial charge on any atom is -0.348 e. The molecule has 3 heteroatoms. The molecule has 0 spiro atoms. The molecule has 0 bridgehead atoms. The van der Waals surface area contributed by atoms with E-state index in [0.717, 1.165) is 24.2 Å². The molecule has 1 unspecified atom stereocenters. The highest BCUT2D eigenvalue weighted by atomic mass is 16.1. The van der Waals surface area contributed by atoms with E-state index in [2.05, 4.69) is 41.2 Å². The summed E-state index contributed by atoms with van der Waals surface area (Å²) in [5.74, 6) is 0.0290. The van der Waals surface area contributed by atoms with Gasteiger partial charge in [-0.25, -0.2) is 0 Å². The number of carbonyl (C=O) groups is 1. The molecule has 1 aromatic heterocycles. The number of aromatic nitrogens is 1. The average molecular weight is 298 g/mol. The molecule has 0 saturated carbocycles. The Hall–Kier alpha value is -2.03. The molecule has 2 aromatic rings. The lowest BCUT2D eigenvalue weighted by Crippen LogP contribution is -2.27. The fourth-order valence-corrected chi connectivity index (χ4v) is 2.82. The van der Waals surface area contributed by atoms with Crippen LogP contribution in [0.25, 0.3) is 5.69 Å². The number of hydrogen-bond donors (Lipinski definition) is 1. The van der Waals surface area contributed by atoms with Crippen molar-refractivity contribution in [3.8, 4) is 5.69 Å². The Morgan fingerprint density at radius 3 is 2.55 bits per heavy atom. The summed E-state index contributed by atoms with van der Waals surface area (Å²) in [5.41, 5.74) is 2.28. The second-order valence-corrected chi connectivity index (χ2v) is 5.74. The monoisotopic (exact) mass is 298 g/mol. The third-order valence-corrected chi connectivity index (χ3v) is 3.90. The Labute approximate surface area is 133 Å². The molecule has 1 heterocycles. The van der Waals surface area contributed by atoms with Gasteiger partial charge in [0.15, 0.2) is 0 Å². The Bertz CT molecular complexity index is 574. The smallest absolute Gasteiger partial charge is 0.217 e. The molecule has 1 atom stereocenters. The second-order valence-electron chi connectivity index (χ2n) is 5.74. The van der Waals surface area contributed by atoms with Crippen LogP contribution in [0.3, 0.4) is 0 Å². The van der Waals surface area contributed by atoms with E-state index in [4.69, 9.17) is 0 Å². The van der Waals surface area contributed by atoms with Gasteiger partial charge in [0.05, 0.1) is 6.04 Å². The fourth-order valence-electron chi connectivity index (χ4n) is 2.82. The quantitative estimate of drug-likeness (QED) is 0.709. The van der Waals surface area contributed by atoms with Crippen molar-refractivity contribution < 1.29 is 4.79 Å². The third kappa shape index (κ3) is 4.48. The topological polar surface area (TPSA) is 34.0 Å². The van der Waals surface area contributed by atoms with Gasteiger partial charge in [0.2, 0.25) is 5.91 Å². The van der Waals surface area contributed by atoms with Crippen LogP contribution in [0.1, 0.15) is 57.7 Å². The Morgan fingerprint density at radius 2 is 1.86 bits per heavy atom. The zero-order valence-electron chi connectivity index (χ0n) is 13.6. The van der Waals surface area contributed by atoms with Gasteiger partial charge in [-0.1, -0.05) is 50.8 Å². The van der Waals surface area contributed by atoms with Gasteiger partial charge in [-0.05, 0) is 30.7 Å². The second kappa shape index (κ2) is 8.42. The van der Waals surface area contributed by atoms with Crippen LogP contribution in [-0.4, -0.2) is 10.5 Å². The molecule has 0 aliphatic rings. The van der Waals surface area contributed by atoms with Crippen LogP contribution in [0, 0.1) is 0 Å². The molecule has 0 aliphatic carbocycles. The first kappa shape index (κ1) is 16.3. The highest BCUT2D eigenvalue weighted by molar-refractivity contribution is 5.73. The fraction of sp³-hybridized carbons (Fsp3) is 0.421. The molecule has 3 nitrogen and oxygen atoms in total. The van der Waals surface area contributed by atoms with Crippen LogP contribution < -0.4 is 5.32 Å². The Balaban J connectivity index is 2.17. The summed E-state index contributed by atoms with van der Waals surface area (Å²) in [6.45, 7) is 3.81. The van der Waals surface area contributed by atoms with E-state index >= 15 is 0 Å². The summed E-state index contributed by atoms with van der Waals surface area (Å²) >= 11 is 0. The lowest BCUT2D eigenvalue weighted by atomic mass is 10.0. The number of benzene rings is 1. The molecule has 0 fully saturated rings. The van der Waals surface area contributed by atoms with Gasteiger partial charge < -0.3 is 9.88 Å². The number of nitrogens with one attached hydrogen (secondary N) is 1. The molecule has 0 aliphatic heterocycles. The van der Waals surface area contributed by atoms with Crippen LogP contribution in [0.5, 0.6) is 0 Å². The van der Waals surface area contributed by atoms with Gasteiger partial charge in [-0.2, -0.15) is 0 Å². The van der Waals surface area contributed by atoms with E-state index in [9.17, 15) is 4.79 Å². The SMILES string of the molecule is CCCCCCC(NC(C)=O)c1cccn1-c1ccccc1. The third-order valence-electron chi connectivity index (χ3n) is 3.90. The van der Waals surface area contributed by atoms with Crippen molar-refractivity contribution in [2.45, 2.75) is 52.0 Å². The van der Waals surface area contributed by atoms with Crippen LogP contribution in [0.15, 0.2) is 48.7 Å². The summed E-state index contributed by atoms with van der Waals surface area (Å²) in [6, 6.07) is 14.5. The van der Waals surface area contributed by atoms with Crippen molar-refractivity contribution in [2.24, 2.45) is 0 Å². The van der Waals surface area contributed by atoms with Crippen molar-refractivity contribution >= 4 is 5.91 Å². The molecule has 22 heavy (non-hydrogen) atoms. The van der Waals surface area contributed by atoms with Crippen molar-refractivity contribution in [3.05, 3.63) is 54.4 Å². The summed E-state index contributed by atoms with van der Waals surface area (Å²) in [4.78, 5) is 11.6. The maximum absolute atomic E-state index is 11.6. The molecule has 1 N–H and O–H groups in total. The lowest BCUT2D eigenvalue weighted by molar-refractivity contribution is -0.119. The standard InChI is InChI=1S/C19H26N2O/c1-3-4-5-9-13-18(20-16(2)22)19-14-10-15-21(19)17-11-7-6-8-12-17/h6-8,10-12,14-15,18H,3-5,9,13H2,1-2H3,(H,20,22). The van der Waals surface area contributed by atoms with Crippen molar-refractivity contribution in [1.29, 1.82) is 0 Å². The van der Waals surface area contributed by atoms with Crippen LogP contribution in [-0.2, 0) is 4.79 Å². The van der Waals surface area contributed by atoms with E-state index < -0.39 is 0 Å². The zero-order chi connectivity index (χ0) is 15.8. The van der Waals surface area contributed by atoms with Gasteiger partial charge in [0.25, 0.3) is 0 Å². The first-order chi connectivity index (χ1) is 10.7. The van der Waals surface area contributed by atoms with Crippen LogP contribution in [0.4, 0.5) is 0 Å². The van der Waals surface area contributed by atoms with Crippen LogP contribution in [0.2, 0.25) is 0 Å². The number of amides is 1. The number of carbonyl (C=O) groups excluding carboxylic acids is 1. The summed E-state index contributed by atoms with van der Waals surface area (Å²) in [7, 11) is 0. The van der Waals surface area contributed by atoms with E-state index in [1.165, 1.54) is 19.3 Å². The molecular weight excluding hydrogens is 272 g/mol. The minimum absolute atomic E-state index is 0.0290. The normalized spacial score (nSPS) is 12.1. The summed E-state index contributed by atoms with van der Waals surface area (Å²) < 4.78 is 2.17. The first-order valence-electron chi connectivity index (χ1n) is 8.22. The van der Waals surface area contributed by atoms with Crippen LogP contribution >= 0.6 is 0 Å². The number of hydrogen-bond acceptors (Lipinski definition) is 1. The van der Waals surface area contributed by atoms with Gasteiger partial charge >= 0.3 is 0 Å². The van der Waals surface area contributed by atoms with Crippen molar-refractivity contribution in [3.63, 3.8) is 0 Å². The van der Waals surface area contributed by atoms with E-state index in [1.807, 2.05) is 24.3 Å². The lowest BCUT2D eigenvalue weighted by Gasteiger charge is -2.20. The molecule has 2 rings (SSSR count). The first-order valence-corrected chi connectivity index (χ1v) is 8.22. The van der Waals surface area contributed by atoms with Gasteiger partial charge in [0, 0.05) is 24.5 Å². The molecule has 1 amide bonds. The van der Waals surface area contributed by atoms with Crippen molar-refractivity contribution in [1.82, 2.24) is 9.88 Å². The zero-order valence-corrected chi connectivity index (χ0v) is 13.6. The van der Waals surface area contributed by atoms with Gasteiger partial charge in [0.1, 0.15) is 0 Å². The van der Waals surface area contributed by atoms with Crippen molar-refractivity contribution in [2.75, 3.05) is 0 Å². The predicted octanol–water partition coefficient (Wildman–Crippen LogP) is 4.62. The summed E-state index contributed by atoms with van der Waals surface area (Å²) in [6.07, 6.45) is 7.89. The Kier molecular flexibility index (Phi) is 6.26. The van der Waals surface area contributed by atoms with E-state index in [-0.39, 0.29) is 11.9 Å². The molecule has 0 radical (unpaired) electrons. The summed E-state index contributed by atoms with van der Waals surface area (Å²) in [5, 5.41) is 3.11. The Morgan fingerprint density at radius 1 is 1.09 bits per heavy atom. The molecule has 118 valence electrons. The highest BCUT2D eigenvalue weighted by Gasteiger charge is 2.16. The number of nitrogens with zero attached hydrogens (tertiary/aromatic N) is 1. The van der Waals surface area contributed by atoms with Gasteiger partial charge in [-0.15, -0.1) is 0 Å².